The van der Waals surface area contributed by atoms with Gasteiger partial charge in [-0.05, 0) is 62.0 Å². The summed E-state index contributed by atoms with van der Waals surface area (Å²) in [5, 5.41) is 3.47. The lowest BCUT2D eigenvalue weighted by atomic mass is 9.68. The van der Waals surface area contributed by atoms with Crippen LogP contribution in [0.2, 0.25) is 0 Å². The van der Waals surface area contributed by atoms with Gasteiger partial charge >= 0.3 is 0 Å². The Hall–Kier alpha value is -1.05. The van der Waals surface area contributed by atoms with Crippen LogP contribution in [0.25, 0.3) is 0 Å². The third-order valence-corrected chi connectivity index (χ3v) is 5.86. The molecule has 1 spiro atoms. The molecular formula is C20H31IN4O. The van der Waals surface area contributed by atoms with Crippen LogP contribution in [-0.2, 0) is 6.54 Å². The van der Waals surface area contributed by atoms with Gasteiger partial charge in [-0.2, -0.15) is 0 Å². The Morgan fingerprint density at radius 3 is 2.88 bits per heavy atom. The monoisotopic (exact) mass is 470 g/mol. The Bertz CT molecular complexity index is 628. The van der Waals surface area contributed by atoms with Crippen molar-refractivity contribution in [3.63, 3.8) is 0 Å². The lowest BCUT2D eigenvalue weighted by molar-refractivity contribution is 0.151. The van der Waals surface area contributed by atoms with Gasteiger partial charge in [0.15, 0.2) is 5.96 Å². The molecule has 0 amide bonds. The van der Waals surface area contributed by atoms with Gasteiger partial charge in [0.1, 0.15) is 0 Å². The van der Waals surface area contributed by atoms with Gasteiger partial charge in [0.25, 0.3) is 0 Å². The Balaban J connectivity index is 0.00000196. The first-order chi connectivity index (χ1) is 12.3. The van der Waals surface area contributed by atoms with E-state index in [9.17, 15) is 0 Å². The van der Waals surface area contributed by atoms with Gasteiger partial charge in [0, 0.05) is 31.9 Å². The van der Waals surface area contributed by atoms with E-state index in [2.05, 4.69) is 22.1 Å². The number of nitrogens with zero attached hydrogens (tertiary/aromatic N) is 3. The molecule has 4 rings (SSSR count). The van der Waals surface area contributed by atoms with Gasteiger partial charge < -0.3 is 15.0 Å². The fourth-order valence-corrected chi connectivity index (χ4v) is 3.91. The predicted molar refractivity (Wildman–Crippen MR) is 115 cm³/mol. The molecule has 2 aliphatic carbocycles. The van der Waals surface area contributed by atoms with E-state index in [1.807, 2.05) is 18.3 Å². The van der Waals surface area contributed by atoms with Gasteiger partial charge in [0.2, 0.25) is 5.88 Å². The number of likely N-dealkylation sites (tertiary alicyclic amines) is 1. The van der Waals surface area contributed by atoms with Gasteiger partial charge in [-0.3, -0.25) is 0 Å². The molecule has 1 saturated heterocycles. The van der Waals surface area contributed by atoms with E-state index in [1.54, 1.807) is 0 Å². The van der Waals surface area contributed by atoms with Crippen LogP contribution in [0, 0.1) is 11.3 Å². The second kappa shape index (κ2) is 8.76. The van der Waals surface area contributed by atoms with Crippen molar-refractivity contribution in [3.05, 3.63) is 23.9 Å². The van der Waals surface area contributed by atoms with Crippen LogP contribution in [0.1, 0.15) is 51.0 Å². The molecule has 1 N–H and O–H groups in total. The molecule has 3 aliphatic rings. The Labute approximate surface area is 174 Å². The topological polar surface area (TPSA) is 49.8 Å². The summed E-state index contributed by atoms with van der Waals surface area (Å²) in [6.07, 6.45) is 9.96. The highest BCUT2D eigenvalue weighted by molar-refractivity contribution is 14.0. The first-order valence-corrected chi connectivity index (χ1v) is 9.87. The Morgan fingerprint density at radius 2 is 2.23 bits per heavy atom. The fourth-order valence-electron chi connectivity index (χ4n) is 3.91. The van der Waals surface area contributed by atoms with E-state index in [1.165, 1.54) is 45.1 Å². The predicted octanol–water partition coefficient (Wildman–Crippen LogP) is 3.83. The number of guanidine groups is 1. The number of pyridine rings is 1. The first-order valence-electron chi connectivity index (χ1n) is 9.87. The van der Waals surface area contributed by atoms with Crippen molar-refractivity contribution in [2.45, 2.75) is 52.0 Å². The maximum Gasteiger partial charge on any atom is 0.213 e. The molecule has 144 valence electrons. The largest absolute Gasteiger partial charge is 0.477 e. The smallest absolute Gasteiger partial charge is 0.213 e. The van der Waals surface area contributed by atoms with E-state index >= 15 is 0 Å². The highest BCUT2D eigenvalue weighted by Crippen LogP contribution is 2.47. The quantitative estimate of drug-likeness (QED) is 0.390. The molecule has 26 heavy (non-hydrogen) atoms. The second-order valence-electron chi connectivity index (χ2n) is 7.95. The molecule has 2 saturated carbocycles. The van der Waals surface area contributed by atoms with Crippen molar-refractivity contribution >= 4 is 29.9 Å². The number of aliphatic imine (C=N–C) groups is 1. The Morgan fingerprint density at radius 1 is 1.38 bits per heavy atom. The fraction of sp³-hybridized carbons (Fsp3) is 0.700. The van der Waals surface area contributed by atoms with Crippen LogP contribution in [0.4, 0.5) is 0 Å². The minimum absolute atomic E-state index is 0. The van der Waals surface area contributed by atoms with Crippen LogP contribution in [0.5, 0.6) is 5.88 Å². The lowest BCUT2D eigenvalue weighted by Gasteiger charge is -2.38. The number of ether oxygens (including phenoxy) is 1. The molecule has 1 aromatic heterocycles. The number of hydrogen-bond donors (Lipinski definition) is 1. The van der Waals surface area contributed by atoms with Crippen molar-refractivity contribution in [2.75, 3.05) is 26.2 Å². The first kappa shape index (κ1) is 19.7. The zero-order valence-electron chi connectivity index (χ0n) is 15.7. The third kappa shape index (κ3) is 4.81. The van der Waals surface area contributed by atoms with E-state index in [-0.39, 0.29) is 24.0 Å². The molecule has 0 unspecified atom stereocenters. The lowest BCUT2D eigenvalue weighted by Crippen LogP contribution is -2.42. The van der Waals surface area contributed by atoms with Gasteiger partial charge in [-0.1, -0.05) is 6.42 Å². The van der Waals surface area contributed by atoms with Crippen molar-refractivity contribution in [3.8, 4) is 5.88 Å². The van der Waals surface area contributed by atoms with E-state index in [4.69, 9.17) is 9.73 Å². The summed E-state index contributed by atoms with van der Waals surface area (Å²) in [6, 6.07) is 4.07. The zero-order valence-corrected chi connectivity index (χ0v) is 18.1. The summed E-state index contributed by atoms with van der Waals surface area (Å²) in [5.74, 6) is 2.54. The van der Waals surface area contributed by atoms with Crippen LogP contribution in [-0.4, -0.2) is 42.1 Å². The number of aromatic nitrogens is 1. The molecule has 1 aromatic rings. The minimum atomic E-state index is 0. The van der Waals surface area contributed by atoms with Crippen molar-refractivity contribution in [2.24, 2.45) is 16.3 Å². The summed E-state index contributed by atoms with van der Waals surface area (Å²) in [7, 11) is 0. The van der Waals surface area contributed by atoms with Crippen molar-refractivity contribution in [1.82, 2.24) is 15.2 Å². The summed E-state index contributed by atoms with van der Waals surface area (Å²) in [6.45, 7) is 6.84. The molecular weight excluding hydrogens is 439 g/mol. The summed E-state index contributed by atoms with van der Waals surface area (Å²) in [5.41, 5.74) is 1.75. The molecule has 5 nitrogen and oxygen atoms in total. The van der Waals surface area contributed by atoms with Gasteiger partial charge in [-0.15, -0.1) is 24.0 Å². The van der Waals surface area contributed by atoms with E-state index in [0.29, 0.717) is 12.0 Å². The molecule has 0 bridgehead atoms. The summed E-state index contributed by atoms with van der Waals surface area (Å²) in [4.78, 5) is 11.7. The van der Waals surface area contributed by atoms with Crippen LogP contribution in [0.3, 0.4) is 0 Å². The summed E-state index contributed by atoms with van der Waals surface area (Å²) >= 11 is 0. The maximum absolute atomic E-state index is 5.79. The third-order valence-electron chi connectivity index (χ3n) is 5.86. The van der Waals surface area contributed by atoms with Crippen molar-refractivity contribution < 1.29 is 4.74 Å². The number of hydrogen-bond acceptors (Lipinski definition) is 3. The minimum Gasteiger partial charge on any atom is -0.477 e. The molecule has 2 heterocycles. The Kier molecular flexibility index (Phi) is 6.64. The number of rotatable bonds is 6. The average molecular weight is 470 g/mol. The van der Waals surface area contributed by atoms with E-state index in [0.717, 1.165) is 43.0 Å². The van der Waals surface area contributed by atoms with Gasteiger partial charge in [-0.25, -0.2) is 9.98 Å². The highest BCUT2D eigenvalue weighted by atomic mass is 127. The number of nitrogens with one attached hydrogen (secondary N) is 1. The van der Waals surface area contributed by atoms with Gasteiger partial charge in [0.05, 0.1) is 13.2 Å². The van der Waals surface area contributed by atoms with Crippen LogP contribution in [0.15, 0.2) is 23.3 Å². The second-order valence-corrected chi connectivity index (χ2v) is 7.95. The van der Waals surface area contributed by atoms with Crippen molar-refractivity contribution in [1.29, 1.82) is 0 Å². The molecule has 0 atom stereocenters. The zero-order chi connectivity index (χ0) is 17.1. The average Bonchev–Trinajstić information content (AvgIpc) is 3.32. The van der Waals surface area contributed by atoms with Crippen LogP contribution >= 0.6 is 24.0 Å². The SMILES string of the molecule is CCNC(=NCc1ccnc(OCC2CC2)c1)N1CCC2(CCC2)C1.I. The number of halogens is 1. The highest BCUT2D eigenvalue weighted by Gasteiger charge is 2.43. The van der Waals surface area contributed by atoms with E-state index < -0.39 is 0 Å². The molecule has 6 heteroatoms. The normalized spacial score (nSPS) is 21.3. The molecule has 3 fully saturated rings. The standard InChI is InChI=1S/C20H30N4O.HI/c1-2-21-19(24-11-9-20(15-24)7-3-8-20)23-13-17-6-10-22-18(12-17)25-14-16-4-5-16;/h6,10,12,16H,2-5,7-9,11,13-15H2,1H3,(H,21,23);1H. The summed E-state index contributed by atoms with van der Waals surface area (Å²) < 4.78 is 5.79. The van der Waals surface area contributed by atoms with Crippen LogP contribution < -0.4 is 10.1 Å². The molecule has 1 aliphatic heterocycles. The molecule has 0 radical (unpaired) electrons. The molecule has 0 aromatic carbocycles. The maximum atomic E-state index is 5.79.